The lowest BCUT2D eigenvalue weighted by molar-refractivity contribution is -0.114. The lowest BCUT2D eigenvalue weighted by Crippen LogP contribution is -2.05. The first-order valence-corrected chi connectivity index (χ1v) is 6.28. The zero-order valence-electron chi connectivity index (χ0n) is 9.88. The number of carbonyl (C=O) groups excluding carboxylic acids is 1. The molecular weight excluding hydrogens is 246 g/mol. The molecule has 1 aromatic carbocycles. The minimum absolute atomic E-state index is 0.0729. The van der Waals surface area contributed by atoms with Gasteiger partial charge in [0.25, 0.3) is 0 Å². The second kappa shape index (κ2) is 5.46. The molecule has 1 aromatic heterocycles. The molecule has 0 aliphatic carbocycles. The average Bonchev–Trinajstić information content (AvgIpc) is 2.74. The molecule has 2 rings (SSSR count). The van der Waals surface area contributed by atoms with Gasteiger partial charge >= 0.3 is 0 Å². The van der Waals surface area contributed by atoms with E-state index in [-0.39, 0.29) is 5.91 Å². The van der Waals surface area contributed by atoms with Crippen LogP contribution in [-0.4, -0.2) is 10.9 Å². The van der Waals surface area contributed by atoms with Crippen LogP contribution in [-0.2, 0) is 4.79 Å². The average molecular weight is 259 g/mol. The summed E-state index contributed by atoms with van der Waals surface area (Å²) in [4.78, 5) is 15.0. The van der Waals surface area contributed by atoms with Crippen molar-refractivity contribution in [3.05, 3.63) is 40.9 Å². The predicted molar refractivity (Wildman–Crippen MR) is 76.2 cm³/mol. The maximum absolute atomic E-state index is 10.9. The van der Waals surface area contributed by atoms with Crippen molar-refractivity contribution in [3.63, 3.8) is 0 Å². The van der Waals surface area contributed by atoms with Crippen molar-refractivity contribution >= 4 is 40.2 Å². The molecule has 18 heavy (non-hydrogen) atoms. The highest BCUT2D eigenvalue weighted by Gasteiger charge is 1.96. The van der Waals surface area contributed by atoms with E-state index in [1.807, 2.05) is 41.8 Å². The molecule has 0 aliphatic rings. The van der Waals surface area contributed by atoms with Gasteiger partial charge in [-0.3, -0.25) is 4.79 Å². The Morgan fingerprint density at radius 2 is 2.06 bits per heavy atom. The summed E-state index contributed by atoms with van der Waals surface area (Å²) in [6.45, 7) is 1.49. The first-order valence-electron chi connectivity index (χ1n) is 5.40. The molecule has 2 aromatic rings. The number of nitrogens with two attached hydrogens (primary N) is 1. The minimum Gasteiger partial charge on any atom is -0.375 e. The van der Waals surface area contributed by atoms with Crippen molar-refractivity contribution in [1.29, 1.82) is 0 Å². The zero-order valence-corrected chi connectivity index (χ0v) is 10.7. The van der Waals surface area contributed by atoms with Crippen LogP contribution in [0.3, 0.4) is 0 Å². The van der Waals surface area contributed by atoms with Crippen molar-refractivity contribution in [2.75, 3.05) is 11.1 Å². The van der Waals surface area contributed by atoms with Gasteiger partial charge in [-0.2, -0.15) is 0 Å². The molecule has 4 nitrogen and oxygen atoms in total. The Balaban J connectivity index is 2.06. The Morgan fingerprint density at radius 1 is 1.33 bits per heavy atom. The largest absolute Gasteiger partial charge is 0.375 e. The van der Waals surface area contributed by atoms with Crippen LogP contribution in [0.25, 0.3) is 12.2 Å². The number of anilines is 2. The summed E-state index contributed by atoms with van der Waals surface area (Å²) < 4.78 is 0. The molecule has 0 radical (unpaired) electrons. The fourth-order valence-electron chi connectivity index (χ4n) is 1.44. The first kappa shape index (κ1) is 12.3. The number of amides is 1. The molecule has 0 bridgehead atoms. The van der Waals surface area contributed by atoms with Crippen LogP contribution in [0.1, 0.15) is 18.2 Å². The molecule has 0 unspecified atom stereocenters. The standard InChI is InChI=1S/C13H13N3OS/c1-9(17)15-11-5-2-10(3-6-11)4-7-12-8-18-13(14)16-12/h2-8H,1H3,(H2,14,16)(H,15,17). The number of hydrogen-bond donors (Lipinski definition) is 2. The van der Waals surface area contributed by atoms with E-state index in [9.17, 15) is 4.79 Å². The van der Waals surface area contributed by atoms with Gasteiger partial charge in [-0.05, 0) is 23.8 Å². The molecule has 0 aliphatic heterocycles. The van der Waals surface area contributed by atoms with E-state index in [1.165, 1.54) is 18.3 Å². The van der Waals surface area contributed by atoms with Crippen molar-refractivity contribution in [2.45, 2.75) is 6.92 Å². The van der Waals surface area contributed by atoms with Gasteiger partial charge in [0.1, 0.15) is 0 Å². The Bertz CT molecular complexity index is 572. The van der Waals surface area contributed by atoms with Gasteiger partial charge in [0.15, 0.2) is 5.13 Å². The monoisotopic (exact) mass is 259 g/mol. The number of nitrogens with zero attached hydrogens (tertiary/aromatic N) is 1. The summed E-state index contributed by atoms with van der Waals surface area (Å²) in [5.41, 5.74) is 8.22. The second-order valence-electron chi connectivity index (χ2n) is 3.75. The molecule has 1 heterocycles. The van der Waals surface area contributed by atoms with Crippen LogP contribution in [0.4, 0.5) is 10.8 Å². The minimum atomic E-state index is -0.0729. The third kappa shape index (κ3) is 3.43. The summed E-state index contributed by atoms with van der Waals surface area (Å²) >= 11 is 1.42. The van der Waals surface area contributed by atoms with Gasteiger partial charge in [0.05, 0.1) is 5.69 Å². The number of aromatic nitrogens is 1. The molecule has 0 fully saturated rings. The summed E-state index contributed by atoms with van der Waals surface area (Å²) in [5, 5.41) is 5.18. The molecule has 3 N–H and O–H groups in total. The maximum Gasteiger partial charge on any atom is 0.221 e. The van der Waals surface area contributed by atoms with Gasteiger partial charge in [0.2, 0.25) is 5.91 Å². The number of thiazole rings is 1. The van der Waals surface area contributed by atoms with Gasteiger partial charge in [-0.25, -0.2) is 4.98 Å². The van der Waals surface area contributed by atoms with Crippen LogP contribution in [0, 0.1) is 0 Å². The van der Waals surface area contributed by atoms with Crippen LogP contribution in [0.2, 0.25) is 0 Å². The number of nitrogen functional groups attached to an aromatic ring is 1. The quantitative estimate of drug-likeness (QED) is 0.890. The van der Waals surface area contributed by atoms with Crippen molar-refractivity contribution in [3.8, 4) is 0 Å². The van der Waals surface area contributed by atoms with Crippen molar-refractivity contribution < 1.29 is 4.79 Å². The van der Waals surface area contributed by atoms with Gasteiger partial charge in [-0.1, -0.05) is 18.2 Å². The third-order valence-electron chi connectivity index (χ3n) is 2.22. The van der Waals surface area contributed by atoms with E-state index in [0.29, 0.717) is 5.13 Å². The highest BCUT2D eigenvalue weighted by atomic mass is 32.1. The molecule has 5 heteroatoms. The zero-order chi connectivity index (χ0) is 13.0. The summed E-state index contributed by atoms with van der Waals surface area (Å²) in [6.07, 6.45) is 3.85. The second-order valence-corrected chi connectivity index (χ2v) is 4.64. The van der Waals surface area contributed by atoms with Gasteiger partial charge in [-0.15, -0.1) is 11.3 Å². The normalized spacial score (nSPS) is 10.7. The van der Waals surface area contributed by atoms with Crippen LogP contribution < -0.4 is 11.1 Å². The molecule has 0 atom stereocenters. The Kier molecular flexibility index (Phi) is 3.74. The lowest BCUT2D eigenvalue weighted by Gasteiger charge is -2.01. The van der Waals surface area contributed by atoms with Crippen LogP contribution in [0.5, 0.6) is 0 Å². The number of carbonyl (C=O) groups is 1. The summed E-state index contributed by atoms with van der Waals surface area (Å²) in [7, 11) is 0. The molecule has 92 valence electrons. The first-order chi connectivity index (χ1) is 8.63. The Hall–Kier alpha value is -2.14. The van der Waals surface area contributed by atoms with Gasteiger partial charge < -0.3 is 11.1 Å². The van der Waals surface area contributed by atoms with Crippen molar-refractivity contribution in [1.82, 2.24) is 4.98 Å². The lowest BCUT2D eigenvalue weighted by atomic mass is 10.2. The fourth-order valence-corrected chi connectivity index (χ4v) is 1.97. The third-order valence-corrected chi connectivity index (χ3v) is 2.91. The predicted octanol–water partition coefficient (Wildman–Crippen LogP) is 2.85. The maximum atomic E-state index is 10.9. The van der Waals surface area contributed by atoms with Crippen molar-refractivity contribution in [2.24, 2.45) is 0 Å². The molecule has 0 saturated carbocycles. The van der Waals surface area contributed by atoms with E-state index < -0.39 is 0 Å². The van der Waals surface area contributed by atoms with E-state index in [1.54, 1.807) is 0 Å². The Morgan fingerprint density at radius 3 is 2.61 bits per heavy atom. The van der Waals surface area contributed by atoms with E-state index in [0.717, 1.165) is 16.9 Å². The molecular formula is C13H13N3OS. The van der Waals surface area contributed by atoms with Crippen LogP contribution in [0.15, 0.2) is 29.6 Å². The SMILES string of the molecule is CC(=O)Nc1ccc(C=Cc2csc(N)n2)cc1. The highest BCUT2D eigenvalue weighted by molar-refractivity contribution is 7.13. The number of nitrogens with one attached hydrogen (secondary N) is 1. The number of benzene rings is 1. The van der Waals surface area contributed by atoms with E-state index >= 15 is 0 Å². The number of rotatable bonds is 3. The van der Waals surface area contributed by atoms with E-state index in [2.05, 4.69) is 10.3 Å². The summed E-state index contributed by atoms with van der Waals surface area (Å²) in [6, 6.07) is 7.57. The molecule has 1 amide bonds. The van der Waals surface area contributed by atoms with Gasteiger partial charge in [0, 0.05) is 18.0 Å². The summed E-state index contributed by atoms with van der Waals surface area (Å²) in [5.74, 6) is -0.0729. The smallest absolute Gasteiger partial charge is 0.221 e. The molecule has 0 saturated heterocycles. The Labute approximate surface area is 109 Å². The van der Waals surface area contributed by atoms with E-state index in [4.69, 9.17) is 5.73 Å². The highest BCUT2D eigenvalue weighted by Crippen LogP contribution is 2.15. The topological polar surface area (TPSA) is 68.0 Å². The molecule has 0 spiro atoms. The number of hydrogen-bond acceptors (Lipinski definition) is 4. The van der Waals surface area contributed by atoms with Crippen LogP contribution >= 0.6 is 11.3 Å². The fraction of sp³-hybridized carbons (Fsp3) is 0.0769.